The SMILES string of the molecule is COC(=O)CCN1CCN(S(=O)(=O)CC2CC2)CC1. The summed E-state index contributed by atoms with van der Waals surface area (Å²) in [7, 11) is -1.68. The Bertz CT molecular complexity index is 411. The largest absolute Gasteiger partial charge is 0.469 e. The van der Waals surface area contributed by atoms with Gasteiger partial charge in [0, 0.05) is 32.7 Å². The molecule has 0 bridgehead atoms. The normalized spacial score (nSPS) is 22.4. The summed E-state index contributed by atoms with van der Waals surface area (Å²) in [6.07, 6.45) is 2.47. The Morgan fingerprint density at radius 2 is 1.84 bits per heavy atom. The summed E-state index contributed by atoms with van der Waals surface area (Å²) in [5, 5.41) is 0. The van der Waals surface area contributed by atoms with Gasteiger partial charge in [-0.15, -0.1) is 0 Å². The van der Waals surface area contributed by atoms with Crippen molar-refractivity contribution in [2.45, 2.75) is 19.3 Å². The van der Waals surface area contributed by atoms with Crippen molar-refractivity contribution in [3.05, 3.63) is 0 Å². The molecule has 1 aliphatic carbocycles. The molecule has 19 heavy (non-hydrogen) atoms. The molecule has 1 saturated carbocycles. The summed E-state index contributed by atoms with van der Waals surface area (Å²) in [6, 6.07) is 0. The third kappa shape index (κ3) is 4.43. The molecule has 7 heteroatoms. The number of hydrogen-bond acceptors (Lipinski definition) is 5. The number of ether oxygens (including phenoxy) is 1. The van der Waals surface area contributed by atoms with Crippen molar-refractivity contribution in [3.8, 4) is 0 Å². The van der Waals surface area contributed by atoms with Crippen LogP contribution in [0.3, 0.4) is 0 Å². The number of hydrogen-bond donors (Lipinski definition) is 0. The zero-order valence-electron chi connectivity index (χ0n) is 11.4. The van der Waals surface area contributed by atoms with Gasteiger partial charge in [0.15, 0.2) is 0 Å². The molecule has 1 heterocycles. The number of carbonyl (C=O) groups is 1. The van der Waals surface area contributed by atoms with Crippen molar-refractivity contribution in [2.75, 3.05) is 45.6 Å². The summed E-state index contributed by atoms with van der Waals surface area (Å²) in [5.74, 6) is 0.487. The Labute approximate surface area is 114 Å². The third-order valence-corrected chi connectivity index (χ3v) is 5.77. The van der Waals surface area contributed by atoms with Gasteiger partial charge >= 0.3 is 5.97 Å². The molecule has 0 radical (unpaired) electrons. The van der Waals surface area contributed by atoms with Crippen molar-refractivity contribution in [3.63, 3.8) is 0 Å². The van der Waals surface area contributed by atoms with Crippen LogP contribution in [-0.2, 0) is 19.6 Å². The number of nitrogens with zero attached hydrogens (tertiary/aromatic N) is 2. The average Bonchev–Trinajstić information content (AvgIpc) is 3.19. The highest BCUT2D eigenvalue weighted by Crippen LogP contribution is 2.31. The van der Waals surface area contributed by atoms with Crippen molar-refractivity contribution >= 4 is 16.0 Å². The molecule has 0 amide bonds. The summed E-state index contributed by atoms with van der Waals surface area (Å²) >= 11 is 0. The van der Waals surface area contributed by atoms with Gasteiger partial charge in [0.1, 0.15) is 0 Å². The van der Waals surface area contributed by atoms with Crippen molar-refractivity contribution < 1.29 is 17.9 Å². The Hall–Kier alpha value is -0.660. The molecular weight excluding hydrogens is 268 g/mol. The molecule has 0 unspecified atom stereocenters. The van der Waals surface area contributed by atoms with Gasteiger partial charge in [-0.3, -0.25) is 4.79 Å². The lowest BCUT2D eigenvalue weighted by Crippen LogP contribution is -2.49. The van der Waals surface area contributed by atoms with Gasteiger partial charge in [-0.05, 0) is 18.8 Å². The van der Waals surface area contributed by atoms with Gasteiger partial charge in [0.05, 0.1) is 19.3 Å². The Kier molecular flexibility index (Phi) is 4.81. The van der Waals surface area contributed by atoms with Crippen molar-refractivity contribution in [1.29, 1.82) is 0 Å². The molecule has 6 nitrogen and oxygen atoms in total. The van der Waals surface area contributed by atoms with Crippen LogP contribution in [0.5, 0.6) is 0 Å². The van der Waals surface area contributed by atoms with Gasteiger partial charge < -0.3 is 9.64 Å². The first-order chi connectivity index (χ1) is 9.01. The topological polar surface area (TPSA) is 66.9 Å². The van der Waals surface area contributed by atoms with E-state index < -0.39 is 10.0 Å². The second kappa shape index (κ2) is 6.19. The Morgan fingerprint density at radius 1 is 1.21 bits per heavy atom. The molecule has 110 valence electrons. The zero-order valence-corrected chi connectivity index (χ0v) is 12.2. The Balaban J connectivity index is 1.73. The van der Waals surface area contributed by atoms with Gasteiger partial charge in [-0.1, -0.05) is 0 Å². The van der Waals surface area contributed by atoms with E-state index in [1.54, 1.807) is 4.31 Å². The molecule has 1 saturated heterocycles. The molecule has 2 aliphatic rings. The molecule has 0 spiro atoms. The van der Waals surface area contributed by atoms with E-state index in [2.05, 4.69) is 9.64 Å². The van der Waals surface area contributed by atoms with Crippen LogP contribution < -0.4 is 0 Å². The fourth-order valence-corrected chi connectivity index (χ4v) is 4.13. The lowest BCUT2D eigenvalue weighted by atomic mass is 10.3. The van der Waals surface area contributed by atoms with Crippen LogP contribution in [-0.4, -0.2) is 69.2 Å². The van der Waals surface area contributed by atoms with Crippen LogP contribution in [0, 0.1) is 5.92 Å². The number of carbonyl (C=O) groups excluding carboxylic acids is 1. The summed E-state index contributed by atoms with van der Waals surface area (Å²) in [6.45, 7) is 3.11. The fraction of sp³-hybridized carbons (Fsp3) is 0.917. The van der Waals surface area contributed by atoms with Gasteiger partial charge in [0.2, 0.25) is 10.0 Å². The number of rotatable bonds is 6. The molecular formula is C12H22N2O4S. The van der Waals surface area contributed by atoms with E-state index in [0.717, 1.165) is 12.8 Å². The molecule has 2 rings (SSSR count). The number of methoxy groups -OCH3 is 1. The summed E-state index contributed by atoms with van der Waals surface area (Å²) in [5.41, 5.74) is 0. The molecule has 0 aromatic rings. The van der Waals surface area contributed by atoms with Crippen LogP contribution in [0.2, 0.25) is 0 Å². The van der Waals surface area contributed by atoms with Crippen molar-refractivity contribution in [2.24, 2.45) is 5.92 Å². The van der Waals surface area contributed by atoms with E-state index in [1.807, 2.05) is 0 Å². The highest BCUT2D eigenvalue weighted by atomic mass is 32.2. The number of sulfonamides is 1. The minimum Gasteiger partial charge on any atom is -0.469 e. The smallest absolute Gasteiger partial charge is 0.306 e. The monoisotopic (exact) mass is 290 g/mol. The molecule has 0 aromatic carbocycles. The van der Waals surface area contributed by atoms with Crippen LogP contribution in [0.4, 0.5) is 0 Å². The molecule has 0 aromatic heterocycles. The Morgan fingerprint density at radius 3 is 2.37 bits per heavy atom. The second-order valence-corrected chi connectivity index (χ2v) is 7.30. The molecule has 2 fully saturated rings. The third-order valence-electron chi connectivity index (χ3n) is 3.73. The summed E-state index contributed by atoms with van der Waals surface area (Å²) < 4.78 is 30.4. The van der Waals surface area contributed by atoms with E-state index >= 15 is 0 Å². The number of piperazine rings is 1. The lowest BCUT2D eigenvalue weighted by molar-refractivity contribution is -0.141. The predicted molar refractivity (Wildman–Crippen MR) is 71.2 cm³/mol. The quantitative estimate of drug-likeness (QED) is 0.639. The minimum absolute atomic E-state index is 0.219. The summed E-state index contributed by atoms with van der Waals surface area (Å²) in [4.78, 5) is 13.2. The highest BCUT2D eigenvalue weighted by molar-refractivity contribution is 7.89. The van der Waals surface area contributed by atoms with Gasteiger partial charge in [-0.25, -0.2) is 8.42 Å². The van der Waals surface area contributed by atoms with Crippen molar-refractivity contribution in [1.82, 2.24) is 9.21 Å². The van der Waals surface area contributed by atoms with Crippen LogP contribution in [0.1, 0.15) is 19.3 Å². The van der Waals surface area contributed by atoms with E-state index in [9.17, 15) is 13.2 Å². The van der Waals surface area contributed by atoms with Gasteiger partial charge in [0.25, 0.3) is 0 Å². The first-order valence-corrected chi connectivity index (χ1v) is 8.39. The minimum atomic E-state index is -3.06. The van der Waals surface area contributed by atoms with E-state index in [0.29, 0.717) is 50.8 Å². The lowest BCUT2D eigenvalue weighted by Gasteiger charge is -2.33. The fourth-order valence-electron chi connectivity index (χ4n) is 2.27. The number of esters is 1. The maximum atomic E-state index is 12.1. The molecule has 0 N–H and O–H groups in total. The van der Waals surface area contributed by atoms with Gasteiger partial charge in [-0.2, -0.15) is 4.31 Å². The van der Waals surface area contributed by atoms with E-state index in [1.165, 1.54) is 7.11 Å². The first kappa shape index (κ1) is 14.7. The molecule has 0 atom stereocenters. The van der Waals surface area contributed by atoms with E-state index in [4.69, 9.17) is 0 Å². The first-order valence-electron chi connectivity index (χ1n) is 6.78. The highest BCUT2D eigenvalue weighted by Gasteiger charge is 2.33. The maximum Gasteiger partial charge on any atom is 0.306 e. The second-order valence-electron chi connectivity index (χ2n) is 5.29. The maximum absolute atomic E-state index is 12.1. The standard InChI is InChI=1S/C12H22N2O4S/c1-18-12(15)4-5-13-6-8-14(9-7-13)19(16,17)10-11-2-3-11/h11H,2-10H2,1H3. The zero-order chi connectivity index (χ0) is 13.9. The van der Waals surface area contributed by atoms with E-state index in [-0.39, 0.29) is 5.97 Å². The van der Waals surface area contributed by atoms with Crippen LogP contribution >= 0.6 is 0 Å². The average molecular weight is 290 g/mol. The predicted octanol–water partition coefficient (Wildman–Crippen LogP) is -0.0931. The van der Waals surface area contributed by atoms with Crippen LogP contribution in [0.25, 0.3) is 0 Å². The van der Waals surface area contributed by atoms with Crippen LogP contribution in [0.15, 0.2) is 0 Å². The molecule has 1 aliphatic heterocycles.